The Hall–Kier alpha value is -2.66. The molecule has 2 N–H and O–H groups in total. The van der Waals surface area contributed by atoms with Gasteiger partial charge in [-0.25, -0.2) is 4.98 Å². The van der Waals surface area contributed by atoms with Crippen molar-refractivity contribution < 1.29 is 0 Å². The molecule has 0 saturated heterocycles. The second-order valence-corrected chi connectivity index (χ2v) is 8.87. The molecule has 3 aromatic rings. The number of fused-ring (bicyclic) bond motifs is 1. The van der Waals surface area contributed by atoms with Gasteiger partial charge in [-0.2, -0.15) is 4.98 Å². The average molecular weight is 418 g/mol. The summed E-state index contributed by atoms with van der Waals surface area (Å²) in [4.78, 5) is 11.6. The van der Waals surface area contributed by atoms with Gasteiger partial charge in [-0.3, -0.25) is 0 Å². The molecular formula is C26H35N5. The number of nitrogens with zero attached hydrogens (tertiary/aromatic N) is 3. The number of hydrogen-bond acceptors (Lipinski definition) is 5. The van der Waals surface area contributed by atoms with Crippen LogP contribution in [0.15, 0.2) is 54.6 Å². The minimum Gasteiger partial charge on any atom is -0.362 e. The normalized spacial score (nSPS) is 18.8. The molecule has 0 amide bonds. The molecule has 5 heteroatoms. The standard InChI is InChI=1S/C26H35N5/c1-31(2)25-23-13-6-7-14-24(23)29-26(30-25)28-22-17-15-21(16-18-22)27-19-9-8-12-20-10-4-3-5-11-20/h3-7,10-11,13-14,21-22,27H,8-9,12,15-19H2,1-2H3,(H,28,29,30). The van der Waals surface area contributed by atoms with Crippen molar-refractivity contribution >= 4 is 22.7 Å². The Balaban J connectivity index is 1.21. The molecule has 31 heavy (non-hydrogen) atoms. The Morgan fingerprint density at radius 1 is 0.839 bits per heavy atom. The third-order valence-electron chi connectivity index (χ3n) is 6.24. The zero-order chi connectivity index (χ0) is 21.5. The van der Waals surface area contributed by atoms with Crippen LogP contribution in [0.3, 0.4) is 0 Å². The second-order valence-electron chi connectivity index (χ2n) is 8.87. The average Bonchev–Trinajstić information content (AvgIpc) is 2.80. The Morgan fingerprint density at radius 3 is 2.32 bits per heavy atom. The van der Waals surface area contributed by atoms with Gasteiger partial charge in [-0.15, -0.1) is 0 Å². The van der Waals surface area contributed by atoms with Crippen molar-refractivity contribution in [1.82, 2.24) is 15.3 Å². The molecular weight excluding hydrogens is 382 g/mol. The third-order valence-corrected chi connectivity index (χ3v) is 6.24. The molecule has 1 aliphatic carbocycles. The summed E-state index contributed by atoms with van der Waals surface area (Å²) in [5.74, 6) is 1.72. The summed E-state index contributed by atoms with van der Waals surface area (Å²) in [5, 5.41) is 8.48. The van der Waals surface area contributed by atoms with Crippen LogP contribution in [-0.2, 0) is 6.42 Å². The molecule has 5 nitrogen and oxygen atoms in total. The van der Waals surface area contributed by atoms with E-state index in [1.54, 1.807) is 0 Å². The van der Waals surface area contributed by atoms with Crippen molar-refractivity contribution in [2.24, 2.45) is 0 Å². The smallest absolute Gasteiger partial charge is 0.225 e. The van der Waals surface area contributed by atoms with Crippen LogP contribution in [0, 0.1) is 0 Å². The van der Waals surface area contributed by atoms with Crippen LogP contribution in [0.25, 0.3) is 10.9 Å². The van der Waals surface area contributed by atoms with Gasteiger partial charge in [0.2, 0.25) is 5.95 Å². The maximum atomic E-state index is 4.80. The topological polar surface area (TPSA) is 53.1 Å². The monoisotopic (exact) mass is 417 g/mol. The van der Waals surface area contributed by atoms with E-state index in [2.05, 4.69) is 58.0 Å². The highest BCUT2D eigenvalue weighted by Gasteiger charge is 2.21. The van der Waals surface area contributed by atoms with Gasteiger partial charge in [-0.1, -0.05) is 42.5 Å². The van der Waals surface area contributed by atoms with Crippen LogP contribution < -0.4 is 15.5 Å². The van der Waals surface area contributed by atoms with Gasteiger partial charge in [-0.05, 0) is 69.2 Å². The highest BCUT2D eigenvalue weighted by atomic mass is 15.2. The van der Waals surface area contributed by atoms with Crippen LogP contribution in [0.5, 0.6) is 0 Å². The van der Waals surface area contributed by atoms with E-state index >= 15 is 0 Å². The lowest BCUT2D eigenvalue weighted by Crippen LogP contribution is -2.37. The zero-order valence-electron chi connectivity index (χ0n) is 18.8. The number of anilines is 2. The molecule has 0 aliphatic heterocycles. The van der Waals surface area contributed by atoms with Gasteiger partial charge in [0.05, 0.1) is 5.52 Å². The minimum absolute atomic E-state index is 0.451. The van der Waals surface area contributed by atoms with E-state index in [9.17, 15) is 0 Å². The van der Waals surface area contributed by atoms with E-state index in [0.717, 1.165) is 42.1 Å². The Labute approximate surface area is 186 Å². The van der Waals surface area contributed by atoms with E-state index in [1.165, 1.54) is 37.7 Å². The largest absolute Gasteiger partial charge is 0.362 e. The van der Waals surface area contributed by atoms with E-state index in [4.69, 9.17) is 9.97 Å². The lowest BCUT2D eigenvalue weighted by molar-refractivity contribution is 0.351. The van der Waals surface area contributed by atoms with E-state index in [-0.39, 0.29) is 0 Å². The van der Waals surface area contributed by atoms with Crippen LogP contribution in [0.4, 0.5) is 11.8 Å². The number of benzene rings is 2. The van der Waals surface area contributed by atoms with Crippen molar-refractivity contribution in [3.8, 4) is 0 Å². The first-order valence-electron chi connectivity index (χ1n) is 11.7. The summed E-state index contributed by atoms with van der Waals surface area (Å²) in [6.45, 7) is 1.12. The Morgan fingerprint density at radius 2 is 1.55 bits per heavy atom. The van der Waals surface area contributed by atoms with Crippen molar-refractivity contribution in [3.63, 3.8) is 0 Å². The first-order valence-corrected chi connectivity index (χ1v) is 11.7. The summed E-state index contributed by atoms with van der Waals surface area (Å²) < 4.78 is 0. The molecule has 1 aliphatic rings. The molecule has 1 heterocycles. The maximum absolute atomic E-state index is 4.80. The number of aromatic nitrogens is 2. The zero-order valence-corrected chi connectivity index (χ0v) is 18.8. The first kappa shape index (κ1) is 21.6. The van der Waals surface area contributed by atoms with Gasteiger partial charge < -0.3 is 15.5 Å². The number of rotatable bonds is 9. The number of para-hydroxylation sites is 1. The lowest BCUT2D eigenvalue weighted by atomic mass is 9.91. The van der Waals surface area contributed by atoms with Crippen molar-refractivity contribution in [2.75, 3.05) is 30.9 Å². The highest BCUT2D eigenvalue weighted by Crippen LogP contribution is 2.26. The highest BCUT2D eigenvalue weighted by molar-refractivity contribution is 5.90. The van der Waals surface area contributed by atoms with Gasteiger partial charge in [0.1, 0.15) is 5.82 Å². The maximum Gasteiger partial charge on any atom is 0.225 e. The fourth-order valence-corrected chi connectivity index (χ4v) is 4.49. The van der Waals surface area contributed by atoms with Crippen LogP contribution in [0.2, 0.25) is 0 Å². The predicted molar refractivity (Wildman–Crippen MR) is 131 cm³/mol. The second kappa shape index (κ2) is 10.6. The number of aryl methyl sites for hydroxylation is 1. The van der Waals surface area contributed by atoms with Crippen molar-refractivity contribution in [2.45, 2.75) is 57.0 Å². The number of nitrogens with one attached hydrogen (secondary N) is 2. The third kappa shape index (κ3) is 5.95. The molecule has 2 aromatic carbocycles. The summed E-state index contributed by atoms with van der Waals surface area (Å²) in [5.41, 5.74) is 2.44. The summed E-state index contributed by atoms with van der Waals surface area (Å²) >= 11 is 0. The van der Waals surface area contributed by atoms with Gasteiger partial charge in [0, 0.05) is 31.6 Å². The number of unbranched alkanes of at least 4 members (excludes halogenated alkanes) is 1. The quantitative estimate of drug-likeness (QED) is 0.478. The molecule has 1 saturated carbocycles. The fourth-order valence-electron chi connectivity index (χ4n) is 4.49. The Kier molecular flexibility index (Phi) is 7.36. The van der Waals surface area contributed by atoms with E-state index in [0.29, 0.717) is 12.1 Å². The lowest BCUT2D eigenvalue weighted by Gasteiger charge is -2.30. The summed E-state index contributed by atoms with van der Waals surface area (Å²) in [7, 11) is 4.07. The van der Waals surface area contributed by atoms with Gasteiger partial charge in [0.25, 0.3) is 0 Å². The Bertz CT molecular complexity index is 948. The molecule has 0 unspecified atom stereocenters. The molecule has 1 fully saturated rings. The first-order chi connectivity index (χ1) is 15.2. The minimum atomic E-state index is 0.451. The van der Waals surface area contributed by atoms with Gasteiger partial charge >= 0.3 is 0 Å². The van der Waals surface area contributed by atoms with E-state index in [1.807, 2.05) is 26.2 Å². The molecule has 0 atom stereocenters. The molecule has 164 valence electrons. The van der Waals surface area contributed by atoms with Crippen LogP contribution >= 0.6 is 0 Å². The van der Waals surface area contributed by atoms with Crippen molar-refractivity contribution in [1.29, 1.82) is 0 Å². The molecule has 1 aromatic heterocycles. The SMILES string of the molecule is CN(C)c1nc(NC2CCC(NCCCCc3ccccc3)CC2)nc2ccccc12. The summed E-state index contributed by atoms with van der Waals surface area (Å²) in [6, 6.07) is 20.1. The molecule has 4 rings (SSSR count). The van der Waals surface area contributed by atoms with E-state index < -0.39 is 0 Å². The molecule has 0 radical (unpaired) electrons. The van der Waals surface area contributed by atoms with Crippen LogP contribution in [0.1, 0.15) is 44.1 Å². The van der Waals surface area contributed by atoms with Crippen LogP contribution in [-0.4, -0.2) is 42.7 Å². The summed E-state index contributed by atoms with van der Waals surface area (Å²) in [6.07, 6.45) is 8.42. The molecule has 0 spiro atoms. The number of hydrogen-bond donors (Lipinski definition) is 2. The molecule has 0 bridgehead atoms. The van der Waals surface area contributed by atoms with Gasteiger partial charge in [0.15, 0.2) is 0 Å². The van der Waals surface area contributed by atoms with Crippen molar-refractivity contribution in [3.05, 3.63) is 60.2 Å². The predicted octanol–water partition coefficient (Wildman–Crippen LogP) is 5.03. The fraction of sp³-hybridized carbons (Fsp3) is 0.462.